The monoisotopic (exact) mass is 259 g/mol. The lowest BCUT2D eigenvalue weighted by Gasteiger charge is -2.24. The van der Waals surface area contributed by atoms with E-state index in [-0.39, 0.29) is 6.04 Å². The molecule has 1 N–H and O–H groups in total. The molecule has 19 heavy (non-hydrogen) atoms. The minimum Gasteiger partial charge on any atom is -0.480 e. The van der Waals surface area contributed by atoms with Gasteiger partial charge in [-0.2, -0.15) is 0 Å². The van der Waals surface area contributed by atoms with E-state index in [2.05, 4.69) is 36.1 Å². The van der Waals surface area contributed by atoms with Gasteiger partial charge >= 0.3 is 5.97 Å². The fourth-order valence-corrected chi connectivity index (χ4v) is 3.82. The number of nitrogens with zero attached hydrogens (tertiary/aromatic N) is 1. The zero-order valence-corrected chi connectivity index (χ0v) is 11.4. The molecule has 0 bridgehead atoms. The van der Waals surface area contributed by atoms with Gasteiger partial charge in [0, 0.05) is 13.1 Å². The van der Waals surface area contributed by atoms with Crippen molar-refractivity contribution in [2.24, 2.45) is 11.8 Å². The predicted octanol–water partition coefficient (Wildman–Crippen LogP) is 2.68. The summed E-state index contributed by atoms with van der Waals surface area (Å²) >= 11 is 0. The first-order chi connectivity index (χ1) is 9.15. The van der Waals surface area contributed by atoms with Crippen molar-refractivity contribution in [1.29, 1.82) is 0 Å². The molecule has 2 fully saturated rings. The van der Waals surface area contributed by atoms with Crippen LogP contribution in [0.2, 0.25) is 0 Å². The Morgan fingerprint density at radius 2 is 2.05 bits per heavy atom. The number of likely N-dealkylation sites (tertiary alicyclic amines) is 1. The van der Waals surface area contributed by atoms with Crippen molar-refractivity contribution in [1.82, 2.24) is 4.90 Å². The van der Waals surface area contributed by atoms with E-state index >= 15 is 0 Å². The molecule has 3 unspecified atom stereocenters. The summed E-state index contributed by atoms with van der Waals surface area (Å²) in [5.41, 5.74) is 2.47. The largest absolute Gasteiger partial charge is 0.480 e. The second-order valence-corrected chi connectivity index (χ2v) is 6.05. The number of carboxylic acid groups (broad SMARTS) is 1. The summed E-state index contributed by atoms with van der Waals surface area (Å²) in [6.07, 6.45) is 3.50. The average Bonchev–Trinajstić information content (AvgIpc) is 2.91. The second kappa shape index (κ2) is 4.97. The van der Waals surface area contributed by atoms with Crippen molar-refractivity contribution >= 4 is 5.97 Å². The Labute approximate surface area is 114 Å². The van der Waals surface area contributed by atoms with Gasteiger partial charge in [0.2, 0.25) is 0 Å². The molecule has 3 rings (SSSR count). The molecule has 1 saturated carbocycles. The van der Waals surface area contributed by atoms with Gasteiger partial charge in [-0.1, -0.05) is 36.2 Å². The molecule has 102 valence electrons. The third-order valence-corrected chi connectivity index (χ3v) is 4.75. The van der Waals surface area contributed by atoms with E-state index < -0.39 is 5.97 Å². The van der Waals surface area contributed by atoms with Crippen LogP contribution in [0.3, 0.4) is 0 Å². The number of hydrogen-bond donors (Lipinski definition) is 1. The van der Waals surface area contributed by atoms with Gasteiger partial charge in [-0.05, 0) is 37.2 Å². The summed E-state index contributed by atoms with van der Waals surface area (Å²) in [7, 11) is 0. The Morgan fingerprint density at radius 1 is 1.32 bits per heavy atom. The van der Waals surface area contributed by atoms with Crippen LogP contribution in [0.15, 0.2) is 24.3 Å². The van der Waals surface area contributed by atoms with Gasteiger partial charge < -0.3 is 5.11 Å². The molecule has 1 aliphatic heterocycles. The highest BCUT2D eigenvalue weighted by Gasteiger charge is 2.47. The molecule has 1 aliphatic carbocycles. The molecule has 3 atom stereocenters. The molecule has 1 aromatic rings. The maximum atomic E-state index is 11.6. The summed E-state index contributed by atoms with van der Waals surface area (Å²) in [5.74, 6) is 0.344. The lowest BCUT2D eigenvalue weighted by atomic mass is 9.94. The van der Waals surface area contributed by atoms with Crippen LogP contribution >= 0.6 is 0 Å². The highest BCUT2D eigenvalue weighted by atomic mass is 16.4. The van der Waals surface area contributed by atoms with E-state index in [1.54, 1.807) is 0 Å². The third-order valence-electron chi connectivity index (χ3n) is 4.75. The van der Waals surface area contributed by atoms with Gasteiger partial charge in [0.25, 0.3) is 0 Å². The zero-order valence-electron chi connectivity index (χ0n) is 11.4. The van der Waals surface area contributed by atoms with E-state index in [9.17, 15) is 9.90 Å². The first-order valence-electron chi connectivity index (χ1n) is 7.17. The molecule has 1 saturated heterocycles. The molecule has 2 aliphatic rings. The third kappa shape index (κ3) is 2.39. The SMILES string of the molecule is Cc1ccc(CN2CC3CCCC3C2C(=O)O)cc1. The molecular formula is C16H21NO2. The Balaban J connectivity index is 1.76. The van der Waals surface area contributed by atoms with Crippen LogP contribution in [0.25, 0.3) is 0 Å². The van der Waals surface area contributed by atoms with E-state index in [1.165, 1.54) is 24.0 Å². The maximum absolute atomic E-state index is 11.6. The first-order valence-corrected chi connectivity index (χ1v) is 7.17. The number of rotatable bonds is 3. The number of fused-ring (bicyclic) bond motifs is 1. The summed E-state index contributed by atoms with van der Waals surface area (Å²) < 4.78 is 0. The normalized spacial score (nSPS) is 30.5. The van der Waals surface area contributed by atoms with Crippen molar-refractivity contribution in [2.45, 2.75) is 38.8 Å². The summed E-state index contributed by atoms with van der Waals surface area (Å²) in [5, 5.41) is 9.51. The molecule has 1 aromatic carbocycles. The quantitative estimate of drug-likeness (QED) is 0.907. The predicted molar refractivity (Wildman–Crippen MR) is 73.8 cm³/mol. The van der Waals surface area contributed by atoms with Gasteiger partial charge in [-0.3, -0.25) is 9.69 Å². The standard InChI is InChI=1S/C16H21NO2/c1-11-5-7-12(8-6-11)9-17-10-13-3-2-4-14(13)15(17)16(18)19/h5-8,13-15H,2-4,9-10H2,1H3,(H,18,19). The lowest BCUT2D eigenvalue weighted by molar-refractivity contribution is -0.143. The molecule has 3 heteroatoms. The average molecular weight is 259 g/mol. The van der Waals surface area contributed by atoms with Crippen molar-refractivity contribution in [3.63, 3.8) is 0 Å². The van der Waals surface area contributed by atoms with Crippen LogP contribution in [-0.4, -0.2) is 28.6 Å². The fourth-order valence-electron chi connectivity index (χ4n) is 3.82. The summed E-state index contributed by atoms with van der Waals surface area (Å²) in [6, 6.07) is 8.16. The summed E-state index contributed by atoms with van der Waals surface area (Å²) in [4.78, 5) is 13.7. The second-order valence-electron chi connectivity index (χ2n) is 6.05. The molecule has 3 nitrogen and oxygen atoms in total. The first kappa shape index (κ1) is 12.7. The van der Waals surface area contributed by atoms with Crippen LogP contribution in [0.1, 0.15) is 30.4 Å². The molecule has 0 amide bonds. The van der Waals surface area contributed by atoms with Gasteiger partial charge in [0.05, 0.1) is 0 Å². The smallest absolute Gasteiger partial charge is 0.321 e. The number of carbonyl (C=O) groups is 1. The highest BCUT2D eigenvalue weighted by molar-refractivity contribution is 5.74. The van der Waals surface area contributed by atoms with Crippen LogP contribution in [0.5, 0.6) is 0 Å². The van der Waals surface area contributed by atoms with Crippen molar-refractivity contribution in [3.8, 4) is 0 Å². The molecule has 0 aromatic heterocycles. The summed E-state index contributed by atoms with van der Waals surface area (Å²) in [6.45, 7) is 3.80. The molecule has 1 heterocycles. The van der Waals surface area contributed by atoms with Gasteiger partial charge in [-0.25, -0.2) is 0 Å². The topological polar surface area (TPSA) is 40.5 Å². The van der Waals surface area contributed by atoms with Crippen molar-refractivity contribution in [2.75, 3.05) is 6.54 Å². The van der Waals surface area contributed by atoms with Gasteiger partial charge in [0.1, 0.15) is 6.04 Å². The fraction of sp³-hybridized carbons (Fsp3) is 0.562. The zero-order chi connectivity index (χ0) is 13.4. The van der Waals surface area contributed by atoms with Crippen LogP contribution < -0.4 is 0 Å². The number of benzene rings is 1. The highest BCUT2D eigenvalue weighted by Crippen LogP contribution is 2.42. The molecular weight excluding hydrogens is 238 g/mol. The Bertz CT molecular complexity index is 468. The van der Waals surface area contributed by atoms with Crippen LogP contribution in [0, 0.1) is 18.8 Å². The Morgan fingerprint density at radius 3 is 2.74 bits per heavy atom. The number of aryl methyl sites for hydroxylation is 1. The minimum atomic E-state index is -0.637. The lowest BCUT2D eigenvalue weighted by Crippen LogP contribution is -2.39. The van der Waals surface area contributed by atoms with Gasteiger partial charge in [0.15, 0.2) is 0 Å². The van der Waals surface area contributed by atoms with E-state index in [1.807, 2.05) is 0 Å². The number of hydrogen-bond acceptors (Lipinski definition) is 2. The van der Waals surface area contributed by atoms with E-state index in [0.29, 0.717) is 11.8 Å². The van der Waals surface area contributed by atoms with Crippen molar-refractivity contribution < 1.29 is 9.90 Å². The number of carboxylic acids is 1. The number of aliphatic carboxylic acids is 1. The van der Waals surface area contributed by atoms with Gasteiger partial charge in [-0.15, -0.1) is 0 Å². The molecule has 0 spiro atoms. The Kier molecular flexibility index (Phi) is 3.31. The molecule has 0 radical (unpaired) electrons. The van der Waals surface area contributed by atoms with E-state index in [0.717, 1.165) is 19.5 Å². The minimum absolute atomic E-state index is 0.270. The van der Waals surface area contributed by atoms with Crippen LogP contribution in [0.4, 0.5) is 0 Å². The Hall–Kier alpha value is -1.35. The van der Waals surface area contributed by atoms with E-state index in [4.69, 9.17) is 0 Å². The van der Waals surface area contributed by atoms with Crippen LogP contribution in [-0.2, 0) is 11.3 Å². The van der Waals surface area contributed by atoms with Crippen molar-refractivity contribution in [3.05, 3.63) is 35.4 Å². The maximum Gasteiger partial charge on any atom is 0.321 e.